The Kier molecular flexibility index (Phi) is 6.21. The number of hydrogen-bond donors (Lipinski definition) is 1. The van der Waals surface area contributed by atoms with Crippen molar-refractivity contribution in [1.29, 1.82) is 0 Å². The Morgan fingerprint density at radius 3 is 2.68 bits per heavy atom. The zero-order chi connectivity index (χ0) is 15.6. The third-order valence-corrected chi connectivity index (χ3v) is 2.78. The van der Waals surface area contributed by atoms with Gasteiger partial charge in [-0.05, 0) is 17.2 Å². The summed E-state index contributed by atoms with van der Waals surface area (Å²) in [5.41, 5.74) is 1.62. The van der Waals surface area contributed by atoms with E-state index in [-0.39, 0.29) is 11.9 Å². The van der Waals surface area contributed by atoms with E-state index in [0.717, 1.165) is 5.56 Å². The Bertz CT molecular complexity index is 663. The van der Waals surface area contributed by atoms with Gasteiger partial charge in [0.25, 0.3) is 0 Å². The third-order valence-electron chi connectivity index (χ3n) is 2.59. The van der Waals surface area contributed by atoms with Crippen molar-refractivity contribution in [2.24, 2.45) is 0 Å². The molecule has 0 bridgehead atoms. The maximum absolute atomic E-state index is 11.5. The van der Waals surface area contributed by atoms with E-state index in [1.165, 1.54) is 0 Å². The van der Waals surface area contributed by atoms with Gasteiger partial charge < -0.3 is 10.1 Å². The fraction of sp³-hybridized carbons (Fsp3) is 0.188. The molecule has 6 heteroatoms. The van der Waals surface area contributed by atoms with Crippen LogP contribution in [0.4, 0.5) is 4.79 Å². The summed E-state index contributed by atoms with van der Waals surface area (Å²) in [7, 11) is 0. The van der Waals surface area contributed by atoms with Crippen molar-refractivity contribution in [2.45, 2.75) is 13.0 Å². The van der Waals surface area contributed by atoms with Crippen LogP contribution in [-0.4, -0.2) is 22.6 Å². The number of nitrogens with zero attached hydrogens (tertiary/aromatic N) is 2. The number of halogens is 1. The quantitative estimate of drug-likeness (QED) is 0.535. The summed E-state index contributed by atoms with van der Waals surface area (Å²) >= 11 is 5.57. The zero-order valence-electron chi connectivity index (χ0n) is 11.8. The molecule has 0 saturated heterocycles. The fourth-order valence-corrected chi connectivity index (χ4v) is 1.64. The van der Waals surface area contributed by atoms with Gasteiger partial charge in [0.1, 0.15) is 6.61 Å². The largest absolute Gasteiger partial charge is 0.445 e. The van der Waals surface area contributed by atoms with Gasteiger partial charge in [-0.1, -0.05) is 42.2 Å². The number of carbonyl (C=O) groups excluding carboxylic acids is 1. The summed E-state index contributed by atoms with van der Waals surface area (Å²) in [6.07, 6.45) is 3.14. The Labute approximate surface area is 133 Å². The van der Waals surface area contributed by atoms with Crippen molar-refractivity contribution in [3.8, 4) is 11.8 Å². The standard InChI is InChI=1S/C16H14ClN3O2/c17-15-19-10-14(11-20-15)8-4-5-9-18-16(21)22-12-13-6-2-1-3-7-13/h1-3,6-7,10-11H,5,9,12H2,(H,18,21). The molecule has 2 aromatic rings. The minimum atomic E-state index is -0.458. The molecule has 0 aliphatic rings. The molecule has 0 aliphatic heterocycles. The number of benzene rings is 1. The van der Waals surface area contributed by atoms with Crippen LogP contribution >= 0.6 is 11.6 Å². The molecule has 0 unspecified atom stereocenters. The van der Waals surface area contributed by atoms with Gasteiger partial charge >= 0.3 is 6.09 Å². The summed E-state index contributed by atoms with van der Waals surface area (Å²) < 4.78 is 5.07. The predicted octanol–water partition coefficient (Wildman–Crippen LogP) is 2.80. The van der Waals surface area contributed by atoms with E-state index in [0.29, 0.717) is 18.5 Å². The molecule has 1 aromatic carbocycles. The highest BCUT2D eigenvalue weighted by molar-refractivity contribution is 6.28. The summed E-state index contributed by atoms with van der Waals surface area (Å²) in [5, 5.41) is 2.82. The van der Waals surface area contributed by atoms with E-state index in [9.17, 15) is 4.79 Å². The van der Waals surface area contributed by atoms with Crippen molar-refractivity contribution in [1.82, 2.24) is 15.3 Å². The molecule has 1 heterocycles. The first-order chi connectivity index (χ1) is 10.7. The van der Waals surface area contributed by atoms with Gasteiger partial charge in [-0.2, -0.15) is 0 Å². The van der Waals surface area contributed by atoms with Crippen LogP contribution in [0, 0.1) is 11.8 Å². The number of carbonyl (C=O) groups is 1. The average Bonchev–Trinajstić information content (AvgIpc) is 2.55. The lowest BCUT2D eigenvalue weighted by Crippen LogP contribution is -2.24. The lowest BCUT2D eigenvalue weighted by molar-refractivity contribution is 0.140. The summed E-state index contributed by atoms with van der Waals surface area (Å²) in [4.78, 5) is 19.1. The molecule has 0 atom stereocenters. The van der Waals surface area contributed by atoms with E-state index >= 15 is 0 Å². The average molecular weight is 316 g/mol. The second-order valence-electron chi connectivity index (χ2n) is 4.28. The van der Waals surface area contributed by atoms with Crippen LogP contribution in [0.5, 0.6) is 0 Å². The number of nitrogens with one attached hydrogen (secondary N) is 1. The van der Waals surface area contributed by atoms with Crippen LogP contribution in [0.1, 0.15) is 17.5 Å². The smallest absolute Gasteiger partial charge is 0.407 e. The van der Waals surface area contributed by atoms with Crippen LogP contribution < -0.4 is 5.32 Å². The topological polar surface area (TPSA) is 64.1 Å². The summed E-state index contributed by atoms with van der Waals surface area (Å²) in [6.45, 7) is 0.662. The molecule has 1 N–H and O–H groups in total. The molecule has 0 radical (unpaired) electrons. The van der Waals surface area contributed by atoms with Crippen LogP contribution in [0.3, 0.4) is 0 Å². The monoisotopic (exact) mass is 315 g/mol. The van der Waals surface area contributed by atoms with Crippen molar-refractivity contribution < 1.29 is 9.53 Å². The lowest BCUT2D eigenvalue weighted by atomic mass is 10.2. The van der Waals surface area contributed by atoms with E-state index in [4.69, 9.17) is 16.3 Å². The molecule has 2 rings (SSSR count). The Morgan fingerprint density at radius 1 is 1.23 bits per heavy atom. The molecule has 1 aromatic heterocycles. The van der Waals surface area contributed by atoms with Gasteiger partial charge in [0.15, 0.2) is 0 Å². The molecule has 0 spiro atoms. The molecule has 0 aliphatic carbocycles. The Hall–Kier alpha value is -2.58. The zero-order valence-corrected chi connectivity index (χ0v) is 12.5. The predicted molar refractivity (Wildman–Crippen MR) is 83.2 cm³/mol. The van der Waals surface area contributed by atoms with Gasteiger partial charge in [0, 0.05) is 25.4 Å². The molecular weight excluding hydrogens is 302 g/mol. The highest BCUT2D eigenvalue weighted by Gasteiger charge is 2.00. The molecular formula is C16H14ClN3O2. The van der Waals surface area contributed by atoms with Gasteiger partial charge in [-0.25, -0.2) is 14.8 Å². The van der Waals surface area contributed by atoms with Gasteiger partial charge in [-0.3, -0.25) is 0 Å². The molecule has 112 valence electrons. The van der Waals surface area contributed by atoms with Crippen molar-refractivity contribution in [3.05, 3.63) is 59.1 Å². The van der Waals surface area contributed by atoms with Crippen molar-refractivity contribution >= 4 is 17.7 Å². The first-order valence-electron chi connectivity index (χ1n) is 6.65. The minimum Gasteiger partial charge on any atom is -0.445 e. The number of alkyl carbamates (subject to hydrolysis) is 1. The lowest BCUT2D eigenvalue weighted by Gasteiger charge is -2.05. The first kappa shape index (κ1) is 15.8. The highest BCUT2D eigenvalue weighted by atomic mass is 35.5. The third kappa shape index (κ3) is 5.81. The van der Waals surface area contributed by atoms with Gasteiger partial charge in [0.05, 0.1) is 5.56 Å². The van der Waals surface area contributed by atoms with Crippen LogP contribution in [0.25, 0.3) is 0 Å². The Balaban J connectivity index is 1.64. The minimum absolute atomic E-state index is 0.188. The molecule has 0 fully saturated rings. The second kappa shape index (κ2) is 8.65. The Morgan fingerprint density at radius 2 is 1.95 bits per heavy atom. The van der Waals surface area contributed by atoms with E-state index in [1.807, 2.05) is 30.3 Å². The number of ether oxygens (including phenoxy) is 1. The molecule has 5 nitrogen and oxygen atoms in total. The maximum Gasteiger partial charge on any atom is 0.407 e. The van der Waals surface area contributed by atoms with Gasteiger partial charge in [0.2, 0.25) is 5.28 Å². The van der Waals surface area contributed by atoms with Crippen LogP contribution in [0.2, 0.25) is 5.28 Å². The van der Waals surface area contributed by atoms with Crippen LogP contribution in [0.15, 0.2) is 42.7 Å². The van der Waals surface area contributed by atoms with Crippen LogP contribution in [-0.2, 0) is 11.3 Å². The molecule has 1 amide bonds. The number of aromatic nitrogens is 2. The number of hydrogen-bond acceptors (Lipinski definition) is 4. The van der Waals surface area contributed by atoms with Crippen molar-refractivity contribution in [2.75, 3.05) is 6.54 Å². The molecule has 22 heavy (non-hydrogen) atoms. The first-order valence-corrected chi connectivity index (χ1v) is 7.03. The van der Waals surface area contributed by atoms with Gasteiger partial charge in [-0.15, -0.1) is 0 Å². The maximum atomic E-state index is 11.5. The second-order valence-corrected chi connectivity index (χ2v) is 4.62. The van der Waals surface area contributed by atoms with Crippen molar-refractivity contribution in [3.63, 3.8) is 0 Å². The number of amides is 1. The highest BCUT2D eigenvalue weighted by Crippen LogP contribution is 2.00. The summed E-state index contributed by atoms with van der Waals surface area (Å²) in [5.74, 6) is 5.78. The molecule has 0 saturated carbocycles. The van der Waals surface area contributed by atoms with E-state index < -0.39 is 6.09 Å². The SMILES string of the molecule is O=C(NCCC#Cc1cnc(Cl)nc1)OCc1ccccc1. The normalized spacial score (nSPS) is 9.50. The number of rotatable bonds is 4. The fourth-order valence-electron chi connectivity index (χ4n) is 1.54. The van der Waals surface area contributed by atoms with E-state index in [2.05, 4.69) is 27.1 Å². The summed E-state index contributed by atoms with van der Waals surface area (Å²) in [6, 6.07) is 9.49. The van der Waals surface area contributed by atoms with E-state index in [1.54, 1.807) is 12.4 Å².